The molecule has 0 atom stereocenters. The molecule has 0 bridgehead atoms. The number of nitrogen functional groups attached to an aromatic ring is 1. The predicted molar refractivity (Wildman–Crippen MR) is 88.1 cm³/mol. The van der Waals surface area contributed by atoms with Crippen molar-refractivity contribution in [3.8, 4) is 11.5 Å². The van der Waals surface area contributed by atoms with E-state index in [9.17, 15) is 4.79 Å². The van der Waals surface area contributed by atoms with E-state index in [4.69, 9.17) is 15.2 Å². The number of hydrogen-bond acceptors (Lipinski definition) is 4. The quantitative estimate of drug-likeness (QED) is 0.657. The van der Waals surface area contributed by atoms with E-state index in [0.717, 1.165) is 5.56 Å². The van der Waals surface area contributed by atoms with Gasteiger partial charge in [0.2, 0.25) is 5.91 Å². The van der Waals surface area contributed by atoms with Crippen LogP contribution in [0.25, 0.3) is 6.08 Å². The maximum Gasteiger partial charge on any atom is 0.248 e. The van der Waals surface area contributed by atoms with Gasteiger partial charge in [-0.05, 0) is 11.6 Å². The van der Waals surface area contributed by atoms with Crippen molar-refractivity contribution in [3.63, 3.8) is 0 Å². The van der Waals surface area contributed by atoms with Crippen LogP contribution in [0.4, 0.5) is 11.4 Å². The monoisotopic (exact) mass is 298 g/mol. The molecule has 0 aliphatic rings. The zero-order valence-electron chi connectivity index (χ0n) is 12.5. The van der Waals surface area contributed by atoms with E-state index in [2.05, 4.69) is 5.32 Å². The molecule has 1 amide bonds. The number of rotatable bonds is 5. The van der Waals surface area contributed by atoms with Gasteiger partial charge in [-0.3, -0.25) is 4.79 Å². The van der Waals surface area contributed by atoms with E-state index in [1.807, 2.05) is 30.3 Å². The minimum absolute atomic E-state index is 0.275. The van der Waals surface area contributed by atoms with Crippen molar-refractivity contribution in [2.24, 2.45) is 0 Å². The fourth-order valence-electron chi connectivity index (χ4n) is 1.91. The number of benzene rings is 2. The van der Waals surface area contributed by atoms with Gasteiger partial charge in [0.25, 0.3) is 0 Å². The summed E-state index contributed by atoms with van der Waals surface area (Å²) in [6.45, 7) is 0. The minimum Gasteiger partial charge on any atom is -0.493 e. The summed E-state index contributed by atoms with van der Waals surface area (Å²) < 4.78 is 10.3. The molecule has 114 valence electrons. The Kier molecular flexibility index (Phi) is 5.03. The van der Waals surface area contributed by atoms with Crippen molar-refractivity contribution in [1.29, 1.82) is 0 Å². The average Bonchev–Trinajstić information content (AvgIpc) is 2.55. The van der Waals surface area contributed by atoms with Gasteiger partial charge in [0.1, 0.15) is 0 Å². The molecule has 0 spiro atoms. The molecular formula is C17H18N2O3. The number of hydrogen-bond donors (Lipinski definition) is 2. The van der Waals surface area contributed by atoms with Gasteiger partial charge >= 0.3 is 0 Å². The topological polar surface area (TPSA) is 73.6 Å². The van der Waals surface area contributed by atoms with Crippen LogP contribution in [0.5, 0.6) is 11.5 Å². The summed E-state index contributed by atoms with van der Waals surface area (Å²) >= 11 is 0. The molecular weight excluding hydrogens is 280 g/mol. The van der Waals surface area contributed by atoms with E-state index in [1.165, 1.54) is 20.3 Å². The smallest absolute Gasteiger partial charge is 0.248 e. The third-order valence-corrected chi connectivity index (χ3v) is 3.04. The Balaban J connectivity index is 2.13. The van der Waals surface area contributed by atoms with Crippen LogP contribution in [0.1, 0.15) is 5.56 Å². The SMILES string of the molecule is COc1cc(N)c(NC(=O)/C=C/c2ccccc2)cc1OC. The van der Waals surface area contributed by atoms with Gasteiger partial charge in [-0.2, -0.15) is 0 Å². The molecule has 0 aliphatic heterocycles. The first-order valence-corrected chi connectivity index (χ1v) is 6.69. The van der Waals surface area contributed by atoms with Gasteiger partial charge < -0.3 is 20.5 Å². The van der Waals surface area contributed by atoms with Gasteiger partial charge in [-0.15, -0.1) is 0 Å². The Morgan fingerprint density at radius 3 is 2.36 bits per heavy atom. The van der Waals surface area contributed by atoms with Gasteiger partial charge in [0.15, 0.2) is 11.5 Å². The van der Waals surface area contributed by atoms with Crippen molar-refractivity contribution in [2.75, 3.05) is 25.3 Å². The largest absolute Gasteiger partial charge is 0.493 e. The minimum atomic E-state index is -0.275. The summed E-state index contributed by atoms with van der Waals surface area (Å²) in [6.07, 6.45) is 3.18. The number of nitrogens with two attached hydrogens (primary N) is 1. The fourth-order valence-corrected chi connectivity index (χ4v) is 1.91. The van der Waals surface area contributed by atoms with E-state index >= 15 is 0 Å². The summed E-state index contributed by atoms with van der Waals surface area (Å²) in [7, 11) is 3.05. The maximum atomic E-state index is 12.0. The maximum absolute atomic E-state index is 12.0. The molecule has 0 aliphatic carbocycles. The molecule has 5 heteroatoms. The zero-order valence-corrected chi connectivity index (χ0v) is 12.5. The second-order valence-electron chi connectivity index (χ2n) is 4.53. The molecule has 22 heavy (non-hydrogen) atoms. The lowest BCUT2D eigenvalue weighted by Gasteiger charge is -2.12. The highest BCUT2D eigenvalue weighted by Gasteiger charge is 2.10. The highest BCUT2D eigenvalue weighted by atomic mass is 16.5. The van der Waals surface area contributed by atoms with Crippen molar-refractivity contribution in [3.05, 3.63) is 54.1 Å². The Morgan fingerprint density at radius 1 is 1.09 bits per heavy atom. The van der Waals surface area contributed by atoms with Crippen molar-refractivity contribution in [2.45, 2.75) is 0 Å². The third-order valence-electron chi connectivity index (χ3n) is 3.04. The Labute approximate surface area is 129 Å². The molecule has 5 nitrogen and oxygen atoms in total. The van der Waals surface area contributed by atoms with Gasteiger partial charge in [0.05, 0.1) is 25.6 Å². The first kappa shape index (κ1) is 15.4. The van der Waals surface area contributed by atoms with E-state index in [0.29, 0.717) is 22.9 Å². The van der Waals surface area contributed by atoms with Crippen LogP contribution in [-0.4, -0.2) is 20.1 Å². The van der Waals surface area contributed by atoms with E-state index in [-0.39, 0.29) is 5.91 Å². The number of amides is 1. The van der Waals surface area contributed by atoms with Crippen LogP contribution >= 0.6 is 0 Å². The van der Waals surface area contributed by atoms with Crippen molar-refractivity contribution >= 4 is 23.4 Å². The summed E-state index contributed by atoms with van der Waals surface area (Å²) in [6, 6.07) is 12.8. The standard InChI is InChI=1S/C17H18N2O3/c1-21-15-10-13(18)14(11-16(15)22-2)19-17(20)9-8-12-6-4-3-5-7-12/h3-11H,18H2,1-2H3,(H,19,20)/b9-8+. The first-order valence-electron chi connectivity index (χ1n) is 6.69. The lowest BCUT2D eigenvalue weighted by atomic mass is 10.2. The van der Waals surface area contributed by atoms with Crippen LogP contribution in [0.2, 0.25) is 0 Å². The summed E-state index contributed by atoms with van der Waals surface area (Å²) in [5.74, 6) is 0.736. The molecule has 0 saturated carbocycles. The lowest BCUT2D eigenvalue weighted by molar-refractivity contribution is -0.111. The zero-order chi connectivity index (χ0) is 15.9. The number of nitrogens with one attached hydrogen (secondary N) is 1. The second kappa shape index (κ2) is 7.17. The van der Waals surface area contributed by atoms with Crippen LogP contribution in [0.3, 0.4) is 0 Å². The molecule has 3 N–H and O–H groups in total. The number of carbonyl (C=O) groups excluding carboxylic acids is 1. The molecule has 2 aromatic carbocycles. The molecule has 0 saturated heterocycles. The Bertz CT molecular complexity index is 682. The normalized spacial score (nSPS) is 10.5. The summed E-state index contributed by atoms with van der Waals surface area (Å²) in [4.78, 5) is 12.0. The molecule has 0 heterocycles. The van der Waals surface area contributed by atoms with Gasteiger partial charge in [-0.25, -0.2) is 0 Å². The number of ether oxygens (including phenoxy) is 2. The number of anilines is 2. The summed E-state index contributed by atoms with van der Waals surface area (Å²) in [5.41, 5.74) is 7.72. The molecule has 0 fully saturated rings. The average molecular weight is 298 g/mol. The molecule has 0 aromatic heterocycles. The predicted octanol–water partition coefficient (Wildman–Crippen LogP) is 2.94. The molecule has 0 radical (unpaired) electrons. The van der Waals surface area contributed by atoms with Crippen LogP contribution in [0.15, 0.2) is 48.5 Å². The van der Waals surface area contributed by atoms with Crippen molar-refractivity contribution in [1.82, 2.24) is 0 Å². The van der Waals surface area contributed by atoms with Crippen LogP contribution in [-0.2, 0) is 4.79 Å². The molecule has 0 unspecified atom stereocenters. The number of carbonyl (C=O) groups is 1. The highest BCUT2D eigenvalue weighted by Crippen LogP contribution is 2.34. The van der Waals surface area contributed by atoms with Crippen molar-refractivity contribution < 1.29 is 14.3 Å². The van der Waals surface area contributed by atoms with E-state index in [1.54, 1.807) is 18.2 Å². The van der Waals surface area contributed by atoms with Gasteiger partial charge in [0, 0.05) is 18.2 Å². The molecule has 2 rings (SSSR count). The fraction of sp³-hybridized carbons (Fsp3) is 0.118. The molecule has 2 aromatic rings. The van der Waals surface area contributed by atoms with Crippen LogP contribution < -0.4 is 20.5 Å². The first-order chi connectivity index (χ1) is 10.6. The van der Waals surface area contributed by atoms with Crippen LogP contribution in [0, 0.1) is 0 Å². The lowest BCUT2D eigenvalue weighted by Crippen LogP contribution is -2.10. The highest BCUT2D eigenvalue weighted by molar-refractivity contribution is 6.03. The number of methoxy groups -OCH3 is 2. The summed E-state index contributed by atoms with van der Waals surface area (Å²) in [5, 5.41) is 2.72. The second-order valence-corrected chi connectivity index (χ2v) is 4.53. The Morgan fingerprint density at radius 2 is 1.73 bits per heavy atom. The third kappa shape index (κ3) is 3.79. The van der Waals surface area contributed by atoms with E-state index < -0.39 is 0 Å². The Hall–Kier alpha value is -2.95. The van der Waals surface area contributed by atoms with Gasteiger partial charge in [-0.1, -0.05) is 30.3 Å².